The van der Waals surface area contributed by atoms with Crippen molar-refractivity contribution < 1.29 is 9.59 Å². The van der Waals surface area contributed by atoms with E-state index >= 15 is 0 Å². The number of aromatic amines is 1. The van der Waals surface area contributed by atoms with Crippen molar-refractivity contribution in [3.05, 3.63) is 53.3 Å². The fourth-order valence-corrected chi connectivity index (χ4v) is 4.17. The van der Waals surface area contributed by atoms with Crippen molar-refractivity contribution in [1.29, 1.82) is 0 Å². The van der Waals surface area contributed by atoms with Crippen LogP contribution >= 0.6 is 11.6 Å². The summed E-state index contributed by atoms with van der Waals surface area (Å²) in [6.07, 6.45) is 3.76. The van der Waals surface area contributed by atoms with Gasteiger partial charge in [-0.2, -0.15) is 0 Å². The van der Waals surface area contributed by atoms with Gasteiger partial charge in [0, 0.05) is 28.2 Å². The van der Waals surface area contributed by atoms with Crippen LogP contribution in [0.2, 0.25) is 5.02 Å². The Hall–Kier alpha value is -3.06. The summed E-state index contributed by atoms with van der Waals surface area (Å²) in [6.45, 7) is 0. The molecule has 0 spiro atoms. The molecule has 0 aliphatic heterocycles. The van der Waals surface area contributed by atoms with Crippen LogP contribution in [0.4, 0.5) is 16.2 Å². The standard InChI is InChI=1S/C21H22ClN5O2/c22-12-8-9-17-18(10-12)27-19(26-17)15-6-1-2-7-16(15)20(28)24-13-4-3-5-14(11-13)25-21(23)29/h3-5,8-11,15-16H,1-2,6-7H2,(H,24,28)(H,26,27)(H3,23,25,29)/t15-,16-/m1/s1. The quantitative estimate of drug-likeness (QED) is 0.502. The van der Waals surface area contributed by atoms with E-state index in [0.29, 0.717) is 16.4 Å². The normalized spacial score (nSPS) is 19.1. The summed E-state index contributed by atoms with van der Waals surface area (Å²) in [5.41, 5.74) is 8.03. The molecule has 5 N–H and O–H groups in total. The largest absolute Gasteiger partial charge is 0.351 e. The second-order valence-electron chi connectivity index (χ2n) is 7.34. The molecule has 1 aliphatic rings. The third kappa shape index (κ3) is 4.35. The molecule has 3 aromatic rings. The minimum atomic E-state index is -0.647. The molecule has 0 bridgehead atoms. The van der Waals surface area contributed by atoms with E-state index in [4.69, 9.17) is 22.3 Å². The minimum absolute atomic E-state index is 0.0156. The molecule has 0 radical (unpaired) electrons. The van der Waals surface area contributed by atoms with E-state index in [0.717, 1.165) is 42.5 Å². The van der Waals surface area contributed by atoms with Crippen LogP contribution in [0.1, 0.15) is 37.4 Å². The number of hydrogen-bond acceptors (Lipinski definition) is 3. The summed E-state index contributed by atoms with van der Waals surface area (Å²) in [4.78, 5) is 32.2. The van der Waals surface area contributed by atoms with Gasteiger partial charge in [-0.1, -0.05) is 30.5 Å². The maximum absolute atomic E-state index is 13.1. The number of aromatic nitrogens is 2. The molecule has 7 nitrogen and oxygen atoms in total. The van der Waals surface area contributed by atoms with Crippen molar-refractivity contribution in [2.24, 2.45) is 11.7 Å². The third-order valence-corrected chi connectivity index (χ3v) is 5.55. The number of nitrogens with zero attached hydrogens (tertiary/aromatic N) is 1. The van der Waals surface area contributed by atoms with Gasteiger partial charge in [0.1, 0.15) is 5.82 Å². The number of rotatable bonds is 4. The van der Waals surface area contributed by atoms with Gasteiger partial charge in [-0.25, -0.2) is 9.78 Å². The molecule has 8 heteroatoms. The number of fused-ring (bicyclic) bond motifs is 1. The Morgan fingerprint density at radius 2 is 1.83 bits per heavy atom. The highest BCUT2D eigenvalue weighted by molar-refractivity contribution is 6.31. The van der Waals surface area contributed by atoms with Gasteiger partial charge in [0.2, 0.25) is 5.91 Å². The summed E-state index contributed by atoms with van der Waals surface area (Å²) in [7, 11) is 0. The van der Waals surface area contributed by atoms with Gasteiger partial charge in [-0.15, -0.1) is 0 Å². The van der Waals surface area contributed by atoms with Gasteiger partial charge in [-0.05, 0) is 49.2 Å². The van der Waals surface area contributed by atoms with Crippen molar-refractivity contribution in [3.8, 4) is 0 Å². The van der Waals surface area contributed by atoms with E-state index in [1.807, 2.05) is 18.2 Å². The molecule has 3 amide bonds. The van der Waals surface area contributed by atoms with Crippen molar-refractivity contribution in [3.63, 3.8) is 0 Å². The lowest BCUT2D eigenvalue weighted by Crippen LogP contribution is -2.31. The average Bonchev–Trinajstić information content (AvgIpc) is 3.10. The molecule has 1 heterocycles. The first-order valence-electron chi connectivity index (χ1n) is 9.62. The van der Waals surface area contributed by atoms with Crippen molar-refractivity contribution >= 4 is 45.9 Å². The number of nitrogens with one attached hydrogen (secondary N) is 3. The summed E-state index contributed by atoms with van der Waals surface area (Å²) in [5.74, 6) is 0.602. The third-order valence-electron chi connectivity index (χ3n) is 5.31. The zero-order chi connectivity index (χ0) is 20.4. The highest BCUT2D eigenvalue weighted by atomic mass is 35.5. The first-order chi connectivity index (χ1) is 14.0. The molecule has 4 rings (SSSR count). The highest BCUT2D eigenvalue weighted by Crippen LogP contribution is 2.38. The number of primary amides is 1. The van der Waals surface area contributed by atoms with Crippen LogP contribution in [0.5, 0.6) is 0 Å². The number of nitrogens with two attached hydrogens (primary N) is 1. The number of imidazole rings is 1. The van der Waals surface area contributed by atoms with E-state index in [1.165, 1.54) is 0 Å². The Balaban J connectivity index is 1.55. The van der Waals surface area contributed by atoms with E-state index < -0.39 is 6.03 Å². The molecule has 0 unspecified atom stereocenters. The maximum Gasteiger partial charge on any atom is 0.316 e. The lowest BCUT2D eigenvalue weighted by Gasteiger charge is -2.29. The first kappa shape index (κ1) is 19.3. The smallest absolute Gasteiger partial charge is 0.316 e. The molecule has 1 saturated carbocycles. The minimum Gasteiger partial charge on any atom is -0.351 e. The topological polar surface area (TPSA) is 113 Å². The zero-order valence-corrected chi connectivity index (χ0v) is 16.5. The molecule has 1 aromatic heterocycles. The fourth-order valence-electron chi connectivity index (χ4n) is 4.00. The summed E-state index contributed by atoms with van der Waals surface area (Å²) in [6, 6.07) is 11.8. The van der Waals surface area contributed by atoms with Crippen LogP contribution in [0.3, 0.4) is 0 Å². The number of halogens is 1. The first-order valence-corrected chi connectivity index (χ1v) is 10.00. The van der Waals surface area contributed by atoms with Crippen LogP contribution in [0, 0.1) is 5.92 Å². The number of amides is 3. The van der Waals surface area contributed by atoms with Gasteiger partial charge in [0.25, 0.3) is 0 Å². The summed E-state index contributed by atoms with van der Waals surface area (Å²) >= 11 is 6.08. The molecule has 2 aromatic carbocycles. The van der Waals surface area contributed by atoms with Crippen LogP contribution in [-0.4, -0.2) is 21.9 Å². The van der Waals surface area contributed by atoms with Gasteiger partial charge in [0.15, 0.2) is 0 Å². The van der Waals surface area contributed by atoms with E-state index in [1.54, 1.807) is 24.3 Å². The number of carbonyl (C=O) groups excluding carboxylic acids is 2. The molecule has 29 heavy (non-hydrogen) atoms. The Morgan fingerprint density at radius 3 is 2.62 bits per heavy atom. The number of carbonyl (C=O) groups is 2. The van der Waals surface area contributed by atoms with Crippen molar-refractivity contribution in [2.45, 2.75) is 31.6 Å². The van der Waals surface area contributed by atoms with Gasteiger partial charge in [0.05, 0.1) is 11.0 Å². The SMILES string of the molecule is NC(=O)Nc1cccc(NC(=O)[C@@H]2CCCC[C@H]2c2nc3ccc(Cl)cc3[nH]2)c1. The van der Waals surface area contributed by atoms with Crippen molar-refractivity contribution in [1.82, 2.24) is 9.97 Å². The Bertz CT molecular complexity index is 1060. The predicted octanol–water partition coefficient (Wildman–Crippen LogP) is 4.62. The van der Waals surface area contributed by atoms with Gasteiger partial charge >= 0.3 is 6.03 Å². The fraction of sp³-hybridized carbons (Fsp3) is 0.286. The van der Waals surface area contributed by atoms with Crippen LogP contribution in [0.25, 0.3) is 11.0 Å². The lowest BCUT2D eigenvalue weighted by molar-refractivity contribution is -0.121. The Labute approximate surface area is 173 Å². The number of benzene rings is 2. The number of H-pyrrole nitrogens is 1. The highest BCUT2D eigenvalue weighted by Gasteiger charge is 2.34. The Kier molecular flexibility index (Phi) is 5.40. The zero-order valence-electron chi connectivity index (χ0n) is 15.7. The summed E-state index contributed by atoms with van der Waals surface area (Å²) < 4.78 is 0. The average molecular weight is 412 g/mol. The molecule has 1 fully saturated rings. The van der Waals surface area contributed by atoms with E-state index in [9.17, 15) is 9.59 Å². The van der Waals surface area contributed by atoms with Crippen LogP contribution < -0.4 is 16.4 Å². The molecule has 1 aliphatic carbocycles. The second kappa shape index (κ2) is 8.13. The Morgan fingerprint density at radius 1 is 1.07 bits per heavy atom. The van der Waals surface area contributed by atoms with Crippen LogP contribution in [0.15, 0.2) is 42.5 Å². The predicted molar refractivity (Wildman–Crippen MR) is 114 cm³/mol. The van der Waals surface area contributed by atoms with E-state index in [-0.39, 0.29) is 17.7 Å². The molecule has 150 valence electrons. The number of urea groups is 1. The van der Waals surface area contributed by atoms with Gasteiger partial charge in [-0.3, -0.25) is 4.79 Å². The molecule has 2 atom stereocenters. The maximum atomic E-state index is 13.1. The molecular formula is C21H22ClN5O2. The van der Waals surface area contributed by atoms with E-state index in [2.05, 4.69) is 15.6 Å². The number of anilines is 2. The molecular weight excluding hydrogens is 390 g/mol. The number of hydrogen-bond donors (Lipinski definition) is 4. The molecule has 0 saturated heterocycles. The second-order valence-corrected chi connectivity index (χ2v) is 7.78. The van der Waals surface area contributed by atoms with Gasteiger partial charge < -0.3 is 21.4 Å². The van der Waals surface area contributed by atoms with Crippen molar-refractivity contribution in [2.75, 3.05) is 10.6 Å². The monoisotopic (exact) mass is 411 g/mol. The van der Waals surface area contributed by atoms with Crippen LogP contribution in [-0.2, 0) is 4.79 Å². The lowest BCUT2D eigenvalue weighted by atomic mass is 9.78. The summed E-state index contributed by atoms with van der Waals surface area (Å²) in [5, 5.41) is 6.14.